The smallest absolute Gasteiger partial charge is 0.387 e. The molecule has 108 valence electrons. The largest absolute Gasteiger partial charge is 0.416 e. The van der Waals surface area contributed by atoms with Crippen molar-refractivity contribution in [1.82, 2.24) is 0 Å². The zero-order valence-corrected chi connectivity index (χ0v) is 10.2. The Hall–Kier alpha value is -1.65. The van der Waals surface area contributed by atoms with Crippen LogP contribution in [0.3, 0.4) is 0 Å². The third-order valence-corrected chi connectivity index (χ3v) is 3.36. The van der Waals surface area contributed by atoms with Crippen molar-refractivity contribution in [2.75, 3.05) is 13.2 Å². The van der Waals surface area contributed by atoms with Gasteiger partial charge in [0.05, 0.1) is 18.2 Å². The first kappa shape index (κ1) is 14.8. The number of hydrogen-bond donors (Lipinski definition) is 1. The maximum absolute atomic E-state index is 13.3. The summed E-state index contributed by atoms with van der Waals surface area (Å²) in [5.74, 6) is -1.11. The maximum Gasteiger partial charge on any atom is 0.416 e. The van der Waals surface area contributed by atoms with Crippen LogP contribution in [0.5, 0.6) is 0 Å². The van der Waals surface area contributed by atoms with Gasteiger partial charge in [0.15, 0.2) is 0 Å². The maximum atomic E-state index is 13.3. The number of nitrogens with zero attached hydrogens (tertiary/aromatic N) is 1. The van der Waals surface area contributed by atoms with Gasteiger partial charge < -0.3 is 9.84 Å². The fourth-order valence-corrected chi connectivity index (χ4v) is 2.20. The standard InChI is InChI=1S/C13H11F4NO2/c14-10-4-8(3-9(5-10)13(15,16)17)11(19)12(6-18)1-2-20-7-12/h3-5,11,19H,1-2,7H2. The molecule has 3 nitrogen and oxygen atoms in total. The summed E-state index contributed by atoms with van der Waals surface area (Å²) < 4.78 is 56.2. The average molecular weight is 289 g/mol. The van der Waals surface area contributed by atoms with Crippen LogP contribution in [0.2, 0.25) is 0 Å². The Kier molecular flexibility index (Phi) is 3.71. The van der Waals surface area contributed by atoms with Crippen molar-refractivity contribution < 1.29 is 27.4 Å². The minimum Gasteiger partial charge on any atom is -0.387 e. The Labute approximate surface area is 112 Å². The molecule has 7 heteroatoms. The predicted molar refractivity (Wildman–Crippen MR) is 59.8 cm³/mol. The molecule has 0 spiro atoms. The van der Waals surface area contributed by atoms with Crippen LogP contribution >= 0.6 is 0 Å². The lowest BCUT2D eigenvalue weighted by molar-refractivity contribution is -0.137. The molecule has 0 aromatic heterocycles. The lowest BCUT2D eigenvalue weighted by Gasteiger charge is -2.26. The highest BCUT2D eigenvalue weighted by Crippen LogP contribution is 2.42. The number of aliphatic hydroxyl groups is 1. The molecule has 1 saturated heterocycles. The van der Waals surface area contributed by atoms with E-state index in [0.29, 0.717) is 12.1 Å². The van der Waals surface area contributed by atoms with Crippen molar-refractivity contribution in [3.8, 4) is 6.07 Å². The topological polar surface area (TPSA) is 53.2 Å². The Morgan fingerprint density at radius 1 is 1.35 bits per heavy atom. The van der Waals surface area contributed by atoms with E-state index in [-0.39, 0.29) is 25.2 Å². The summed E-state index contributed by atoms with van der Waals surface area (Å²) in [6.07, 6.45) is -6.07. The molecule has 1 aromatic carbocycles. The second-order valence-corrected chi connectivity index (χ2v) is 4.74. The molecule has 0 radical (unpaired) electrons. The van der Waals surface area contributed by atoms with E-state index in [1.807, 2.05) is 6.07 Å². The van der Waals surface area contributed by atoms with Crippen molar-refractivity contribution in [2.45, 2.75) is 18.7 Å². The molecule has 2 unspecified atom stereocenters. The van der Waals surface area contributed by atoms with Gasteiger partial charge >= 0.3 is 6.18 Å². The summed E-state index contributed by atoms with van der Waals surface area (Å²) >= 11 is 0. The zero-order chi connectivity index (χ0) is 15.0. The van der Waals surface area contributed by atoms with Crippen LogP contribution in [-0.4, -0.2) is 18.3 Å². The van der Waals surface area contributed by atoms with Crippen molar-refractivity contribution in [3.05, 3.63) is 35.1 Å². The number of halogens is 4. The molecule has 1 fully saturated rings. The summed E-state index contributed by atoms with van der Waals surface area (Å²) in [5.41, 5.74) is -2.81. The van der Waals surface area contributed by atoms with Crippen LogP contribution in [-0.2, 0) is 10.9 Å². The molecule has 2 atom stereocenters. The second kappa shape index (κ2) is 5.04. The van der Waals surface area contributed by atoms with E-state index < -0.39 is 29.1 Å². The Morgan fingerprint density at radius 3 is 2.55 bits per heavy atom. The van der Waals surface area contributed by atoms with Gasteiger partial charge in [0.1, 0.15) is 17.3 Å². The molecule has 0 aliphatic carbocycles. The molecule has 0 bridgehead atoms. The van der Waals surface area contributed by atoms with Gasteiger partial charge in [-0.3, -0.25) is 0 Å². The molecule has 1 aromatic rings. The normalized spacial score (nSPS) is 24.4. The van der Waals surface area contributed by atoms with Crippen LogP contribution < -0.4 is 0 Å². The number of hydrogen-bond acceptors (Lipinski definition) is 3. The average Bonchev–Trinajstić information content (AvgIpc) is 2.86. The molecule has 0 saturated carbocycles. The van der Waals surface area contributed by atoms with Crippen molar-refractivity contribution in [1.29, 1.82) is 5.26 Å². The van der Waals surface area contributed by atoms with Gasteiger partial charge in [-0.05, 0) is 30.2 Å². The molecule has 1 N–H and O–H groups in total. The lowest BCUT2D eigenvalue weighted by Crippen LogP contribution is -2.28. The molecule has 2 rings (SSSR count). The third kappa shape index (κ3) is 2.62. The van der Waals surface area contributed by atoms with E-state index in [1.165, 1.54) is 0 Å². The Balaban J connectivity index is 2.42. The van der Waals surface area contributed by atoms with Crippen LogP contribution in [0.15, 0.2) is 18.2 Å². The molecular weight excluding hydrogens is 278 g/mol. The minimum absolute atomic E-state index is 0.0947. The van der Waals surface area contributed by atoms with E-state index in [2.05, 4.69) is 0 Å². The molecule has 0 amide bonds. The van der Waals surface area contributed by atoms with Gasteiger partial charge in [0.25, 0.3) is 0 Å². The van der Waals surface area contributed by atoms with Crippen molar-refractivity contribution >= 4 is 0 Å². The molecule has 20 heavy (non-hydrogen) atoms. The van der Waals surface area contributed by atoms with Crippen LogP contribution in [0.4, 0.5) is 17.6 Å². The molecule has 1 aliphatic rings. The van der Waals surface area contributed by atoms with Crippen molar-refractivity contribution in [3.63, 3.8) is 0 Å². The first-order valence-electron chi connectivity index (χ1n) is 5.83. The third-order valence-electron chi connectivity index (χ3n) is 3.36. The van der Waals surface area contributed by atoms with Gasteiger partial charge in [-0.15, -0.1) is 0 Å². The van der Waals surface area contributed by atoms with E-state index in [0.717, 1.165) is 6.07 Å². The fraction of sp³-hybridized carbons (Fsp3) is 0.462. The first-order chi connectivity index (χ1) is 9.28. The first-order valence-corrected chi connectivity index (χ1v) is 5.83. The van der Waals surface area contributed by atoms with Crippen LogP contribution in [0.1, 0.15) is 23.7 Å². The highest BCUT2D eigenvalue weighted by molar-refractivity contribution is 5.31. The summed E-state index contributed by atoms with van der Waals surface area (Å²) in [6.45, 7) is 0.134. The highest BCUT2D eigenvalue weighted by Gasteiger charge is 2.44. The highest BCUT2D eigenvalue weighted by atomic mass is 19.4. The molecule has 1 heterocycles. The Morgan fingerprint density at radius 2 is 2.05 bits per heavy atom. The summed E-state index contributed by atoms with van der Waals surface area (Å²) in [6, 6.07) is 3.68. The fourth-order valence-electron chi connectivity index (χ4n) is 2.20. The van der Waals surface area contributed by atoms with Crippen LogP contribution in [0, 0.1) is 22.6 Å². The summed E-state index contributed by atoms with van der Waals surface area (Å²) in [4.78, 5) is 0. The van der Waals surface area contributed by atoms with Crippen LogP contribution in [0.25, 0.3) is 0 Å². The van der Waals surface area contributed by atoms with Gasteiger partial charge in [-0.1, -0.05) is 0 Å². The van der Waals surface area contributed by atoms with E-state index in [9.17, 15) is 22.7 Å². The molecular formula is C13H11F4NO2. The lowest BCUT2D eigenvalue weighted by atomic mass is 9.79. The number of aliphatic hydroxyl groups excluding tert-OH is 1. The minimum atomic E-state index is -4.72. The number of nitriles is 1. The molecule has 1 aliphatic heterocycles. The Bertz CT molecular complexity index is 544. The number of alkyl halides is 3. The quantitative estimate of drug-likeness (QED) is 0.852. The van der Waals surface area contributed by atoms with E-state index >= 15 is 0 Å². The van der Waals surface area contributed by atoms with Gasteiger partial charge in [-0.25, -0.2) is 4.39 Å². The SMILES string of the molecule is N#CC1(C(O)c2cc(F)cc(C(F)(F)F)c2)CCOC1. The monoisotopic (exact) mass is 289 g/mol. The summed E-state index contributed by atoms with van der Waals surface area (Å²) in [7, 11) is 0. The number of benzene rings is 1. The van der Waals surface area contributed by atoms with Crippen molar-refractivity contribution in [2.24, 2.45) is 5.41 Å². The van der Waals surface area contributed by atoms with Gasteiger partial charge in [0, 0.05) is 6.61 Å². The van der Waals surface area contributed by atoms with Gasteiger partial charge in [0.2, 0.25) is 0 Å². The van der Waals surface area contributed by atoms with E-state index in [4.69, 9.17) is 10.00 Å². The second-order valence-electron chi connectivity index (χ2n) is 4.74. The van der Waals surface area contributed by atoms with E-state index in [1.54, 1.807) is 0 Å². The van der Waals surface area contributed by atoms with Gasteiger partial charge in [-0.2, -0.15) is 18.4 Å². The number of rotatable bonds is 2. The number of ether oxygens (including phenoxy) is 1. The predicted octanol–water partition coefficient (Wildman–Crippen LogP) is 2.81. The zero-order valence-electron chi connectivity index (χ0n) is 10.2. The summed E-state index contributed by atoms with van der Waals surface area (Å²) in [5, 5.41) is 19.3.